The fourth-order valence-corrected chi connectivity index (χ4v) is 11.4. The van der Waals surface area contributed by atoms with Crippen LogP contribution in [0.5, 0.6) is 0 Å². The van der Waals surface area contributed by atoms with E-state index in [1.807, 2.05) is 48.6 Å². The third-order valence-electron chi connectivity index (χ3n) is 9.78. The van der Waals surface area contributed by atoms with E-state index in [-0.39, 0.29) is 40.2 Å². The molecule has 0 spiro atoms. The van der Waals surface area contributed by atoms with E-state index in [2.05, 4.69) is 9.97 Å². The lowest BCUT2D eigenvalue weighted by molar-refractivity contribution is 1.31. The minimum Gasteiger partial charge on any atom is -0.354 e. The molecule has 0 saturated heterocycles. The summed E-state index contributed by atoms with van der Waals surface area (Å²) < 4.78 is 0. The average molecular weight is 1030 g/mol. The molecule has 0 amide bonds. The van der Waals surface area contributed by atoms with Crippen molar-refractivity contribution < 1.29 is 0 Å². The quantitative estimate of drug-likeness (QED) is 0.185. The fourth-order valence-electron chi connectivity index (χ4n) is 7.38. The molecule has 2 aliphatic heterocycles. The lowest BCUT2D eigenvalue weighted by Gasteiger charge is -2.12. The lowest BCUT2D eigenvalue weighted by Crippen LogP contribution is -1.92. The Morgan fingerprint density at radius 3 is 0.633 bits per heavy atom. The third kappa shape index (κ3) is 7.62. The first-order chi connectivity index (χ1) is 28.7. The number of halogens is 12. The smallest absolute Gasteiger partial charge is 0.0738 e. The van der Waals surface area contributed by atoms with Crippen molar-refractivity contribution in [1.82, 2.24) is 19.9 Å². The number of H-pyrrole nitrogens is 2. The van der Waals surface area contributed by atoms with Crippen LogP contribution in [0.4, 0.5) is 0 Å². The zero-order valence-electron chi connectivity index (χ0n) is 29.7. The van der Waals surface area contributed by atoms with E-state index >= 15 is 0 Å². The van der Waals surface area contributed by atoms with E-state index in [9.17, 15) is 0 Å². The Morgan fingerprint density at radius 2 is 0.450 bits per heavy atom. The van der Waals surface area contributed by atoms with Gasteiger partial charge in [0, 0.05) is 86.7 Å². The van der Waals surface area contributed by atoms with Crippen molar-refractivity contribution in [2.24, 2.45) is 0 Å². The minimum absolute atomic E-state index is 0.289. The summed E-state index contributed by atoms with van der Waals surface area (Å²) in [7, 11) is 0. The van der Waals surface area contributed by atoms with Crippen molar-refractivity contribution in [1.29, 1.82) is 0 Å². The monoisotopic (exact) mass is 1020 g/mol. The van der Waals surface area contributed by atoms with Gasteiger partial charge in [-0.2, -0.15) is 0 Å². The maximum absolute atomic E-state index is 6.97. The van der Waals surface area contributed by atoms with Gasteiger partial charge in [0.15, 0.2) is 0 Å². The molecule has 9 rings (SSSR count). The van der Waals surface area contributed by atoms with Gasteiger partial charge in [-0.25, -0.2) is 9.97 Å². The molecule has 298 valence electrons. The topological polar surface area (TPSA) is 57.4 Å². The number of nitrogens with one attached hydrogen (secondary N) is 2. The molecule has 16 heteroatoms. The molecule has 2 aliphatic rings. The summed E-state index contributed by atoms with van der Waals surface area (Å²) in [5.74, 6) is 0. The van der Waals surface area contributed by atoms with Crippen LogP contribution in [-0.4, -0.2) is 19.9 Å². The number of hydrogen-bond donors (Lipinski definition) is 2. The first-order valence-electron chi connectivity index (χ1n) is 17.4. The lowest BCUT2D eigenvalue weighted by atomic mass is 10.0. The molecular formula is C44H18Cl12N4. The van der Waals surface area contributed by atoms with Gasteiger partial charge >= 0.3 is 0 Å². The Hall–Kier alpha value is -3.04. The maximum Gasteiger partial charge on any atom is 0.0738 e. The van der Waals surface area contributed by atoms with Crippen molar-refractivity contribution >= 4 is 186 Å². The summed E-state index contributed by atoms with van der Waals surface area (Å²) >= 11 is 81.5. The van der Waals surface area contributed by atoms with Gasteiger partial charge < -0.3 is 9.97 Å². The number of aromatic amines is 2. The highest BCUT2D eigenvalue weighted by atomic mass is 35.5. The molecule has 0 atom stereocenters. The van der Waals surface area contributed by atoms with Gasteiger partial charge in [-0.1, -0.05) is 139 Å². The SMILES string of the molecule is Clc1cc(Cl)c(-c2c3nc(c(-c4c(Cl)cc(Cl)cc4Cl)c4ccc([nH]4)c(-c4c(Cl)cc(Cl)cc4Cl)c4nc(c(-c5c(Cl)cc(Cl)cc5Cl)c5ccc2[nH]5)C=C4)C=C3)c(Cl)c1. The maximum atomic E-state index is 6.97. The highest BCUT2D eigenvalue weighted by Crippen LogP contribution is 2.48. The van der Waals surface area contributed by atoms with Gasteiger partial charge in [-0.05, 0) is 97.1 Å². The molecule has 8 bridgehead atoms. The van der Waals surface area contributed by atoms with Gasteiger partial charge in [-0.3, -0.25) is 0 Å². The Labute approximate surface area is 402 Å². The molecule has 60 heavy (non-hydrogen) atoms. The molecule has 0 saturated carbocycles. The largest absolute Gasteiger partial charge is 0.354 e. The van der Waals surface area contributed by atoms with Crippen molar-refractivity contribution in [2.75, 3.05) is 0 Å². The number of fused-ring (bicyclic) bond motifs is 8. The first kappa shape index (κ1) is 42.3. The molecule has 0 radical (unpaired) electrons. The predicted molar refractivity (Wildman–Crippen MR) is 261 cm³/mol. The molecule has 3 aromatic heterocycles. The van der Waals surface area contributed by atoms with Crippen LogP contribution in [0.2, 0.25) is 60.3 Å². The van der Waals surface area contributed by atoms with Crippen LogP contribution in [-0.2, 0) is 0 Å². The Bertz CT molecular complexity index is 2740. The van der Waals surface area contributed by atoms with Gasteiger partial charge in [-0.15, -0.1) is 0 Å². The molecule has 4 aromatic carbocycles. The summed E-state index contributed by atoms with van der Waals surface area (Å²) in [6.07, 6.45) is 7.39. The molecule has 0 unspecified atom stereocenters. The van der Waals surface area contributed by atoms with Crippen LogP contribution in [0.3, 0.4) is 0 Å². The molecule has 5 heterocycles. The zero-order valence-corrected chi connectivity index (χ0v) is 38.7. The highest BCUT2D eigenvalue weighted by molar-refractivity contribution is 6.45. The first-order valence-corrected chi connectivity index (χ1v) is 22.0. The van der Waals surface area contributed by atoms with Crippen molar-refractivity contribution in [3.05, 3.63) is 156 Å². The van der Waals surface area contributed by atoms with Gasteiger partial charge in [0.05, 0.1) is 63.0 Å². The zero-order chi connectivity index (χ0) is 42.3. The van der Waals surface area contributed by atoms with E-state index in [1.165, 1.54) is 0 Å². The van der Waals surface area contributed by atoms with Gasteiger partial charge in [0.1, 0.15) is 0 Å². The van der Waals surface area contributed by atoms with Crippen LogP contribution in [0, 0.1) is 0 Å². The molecule has 4 nitrogen and oxygen atoms in total. The van der Waals surface area contributed by atoms with Crippen LogP contribution < -0.4 is 0 Å². The van der Waals surface area contributed by atoms with Crippen LogP contribution in [0.15, 0.2) is 72.8 Å². The van der Waals surface area contributed by atoms with Crippen LogP contribution >= 0.6 is 139 Å². The van der Waals surface area contributed by atoms with E-state index in [4.69, 9.17) is 149 Å². The van der Waals surface area contributed by atoms with Crippen molar-refractivity contribution in [2.45, 2.75) is 0 Å². The number of rotatable bonds is 4. The summed E-state index contributed by atoms with van der Waals surface area (Å²) in [5.41, 5.74) is 8.40. The Balaban J connectivity index is 1.54. The summed E-state index contributed by atoms with van der Waals surface area (Å²) in [4.78, 5) is 17.6. The highest BCUT2D eigenvalue weighted by Gasteiger charge is 2.25. The molecule has 2 N–H and O–H groups in total. The molecule has 0 aliphatic carbocycles. The number of hydrogen-bond acceptors (Lipinski definition) is 2. The van der Waals surface area contributed by atoms with Crippen molar-refractivity contribution in [3.63, 3.8) is 0 Å². The predicted octanol–water partition coefficient (Wildman–Crippen LogP) is 19.2. The molecule has 7 aromatic rings. The molecular weight excluding hydrogens is 1010 g/mol. The Kier molecular flexibility index (Phi) is 11.7. The second kappa shape index (κ2) is 16.6. The normalized spacial score (nSPS) is 12.2. The molecule has 0 fully saturated rings. The number of benzene rings is 4. The average Bonchev–Trinajstić information content (AvgIpc) is 3.99. The van der Waals surface area contributed by atoms with E-state index in [0.717, 1.165) is 0 Å². The summed E-state index contributed by atoms with van der Waals surface area (Å²) in [6, 6.07) is 20.4. The van der Waals surface area contributed by atoms with Gasteiger partial charge in [0.25, 0.3) is 0 Å². The van der Waals surface area contributed by atoms with Gasteiger partial charge in [0.2, 0.25) is 0 Å². The number of nitrogens with zero attached hydrogens (tertiary/aromatic N) is 2. The third-order valence-corrected chi connectivity index (χ3v) is 13.0. The second-order valence-corrected chi connectivity index (χ2v) is 18.5. The second-order valence-electron chi connectivity index (χ2n) is 13.5. The fraction of sp³-hybridized carbons (Fsp3) is 0. The van der Waals surface area contributed by atoms with E-state index in [0.29, 0.717) is 109 Å². The van der Waals surface area contributed by atoms with Crippen LogP contribution in [0.25, 0.3) is 90.9 Å². The standard InChI is InChI=1S/C44H18Cl12N4/c45-17-9-21(49)37(22(50)10-17)41-29-1-2-30(57-29)42(38-23(51)11-18(46)12-24(38)52)32-5-6-34(59-32)44(40-27(55)15-20(48)16-28(40)56)36-8-7-35(60-36)43(33-4-3-31(41)58-33)39-25(53)13-19(47)14-26(39)54/h1-16,57,60H. The Morgan fingerprint density at radius 1 is 0.267 bits per heavy atom. The van der Waals surface area contributed by atoms with Crippen molar-refractivity contribution in [3.8, 4) is 44.5 Å². The number of aromatic nitrogens is 4. The van der Waals surface area contributed by atoms with E-state index in [1.54, 1.807) is 48.5 Å². The summed E-state index contributed by atoms with van der Waals surface area (Å²) in [5, 5.41) is 3.74. The van der Waals surface area contributed by atoms with E-state index < -0.39 is 0 Å². The minimum atomic E-state index is 0.289. The van der Waals surface area contributed by atoms with Crippen LogP contribution in [0.1, 0.15) is 22.8 Å². The summed E-state index contributed by atoms with van der Waals surface area (Å²) in [6.45, 7) is 0.